The molecule has 1 saturated heterocycles. The molecule has 2 N–H and O–H groups in total. The third kappa shape index (κ3) is 4.64. The lowest BCUT2D eigenvalue weighted by atomic mass is 10.1. The van der Waals surface area contributed by atoms with Crippen molar-refractivity contribution in [1.82, 2.24) is 10.2 Å². The van der Waals surface area contributed by atoms with Crippen LogP contribution in [0.5, 0.6) is 0 Å². The summed E-state index contributed by atoms with van der Waals surface area (Å²) in [6.45, 7) is 5.30. The molecule has 2 rings (SSSR count). The van der Waals surface area contributed by atoms with Gasteiger partial charge in [-0.1, -0.05) is 30.0 Å². The van der Waals surface area contributed by atoms with Crippen LogP contribution in [0.4, 0.5) is 4.79 Å². The first-order valence-electron chi connectivity index (χ1n) is 7.42. The Morgan fingerprint density at radius 3 is 2.46 bits per heavy atom. The number of benzene rings is 1. The number of likely N-dealkylation sites (tertiary alicyclic amines) is 1. The van der Waals surface area contributed by atoms with Crippen LogP contribution < -0.4 is 5.32 Å². The second kappa shape index (κ2) is 7.12. The maximum absolute atomic E-state index is 12.2. The summed E-state index contributed by atoms with van der Waals surface area (Å²) in [5.41, 5.74) is -0.663. The summed E-state index contributed by atoms with van der Waals surface area (Å²) in [7, 11) is 0. The van der Waals surface area contributed by atoms with E-state index in [0.29, 0.717) is 0 Å². The van der Waals surface area contributed by atoms with Gasteiger partial charge in [0.2, 0.25) is 5.91 Å². The van der Waals surface area contributed by atoms with E-state index < -0.39 is 35.0 Å². The first-order valence-corrected chi connectivity index (χ1v) is 8.30. The molecular formula is C16H20N2O5S. The molecule has 0 spiro atoms. The van der Waals surface area contributed by atoms with E-state index in [-0.39, 0.29) is 6.54 Å². The number of carboxylic acids is 1. The van der Waals surface area contributed by atoms with E-state index >= 15 is 0 Å². The van der Waals surface area contributed by atoms with Gasteiger partial charge in [0.15, 0.2) is 5.37 Å². The number of aliphatic carboxylic acids is 1. The maximum Gasteiger partial charge on any atom is 0.408 e. The number of β-lactam (4-membered cyclic amide) rings is 1. The normalized spacial score (nSPS) is 18.5. The third-order valence-electron chi connectivity index (χ3n) is 3.14. The van der Waals surface area contributed by atoms with Crippen LogP contribution in [0.3, 0.4) is 0 Å². The second-order valence-electron chi connectivity index (χ2n) is 6.31. The predicted molar refractivity (Wildman–Crippen MR) is 88.6 cm³/mol. The highest BCUT2D eigenvalue weighted by atomic mass is 32.2. The van der Waals surface area contributed by atoms with E-state index in [2.05, 4.69) is 5.32 Å². The van der Waals surface area contributed by atoms with Crippen molar-refractivity contribution in [3.8, 4) is 0 Å². The summed E-state index contributed by atoms with van der Waals surface area (Å²) in [6, 6.07) is 8.23. The second-order valence-corrected chi connectivity index (χ2v) is 7.46. The van der Waals surface area contributed by atoms with Gasteiger partial charge < -0.3 is 20.1 Å². The molecular weight excluding hydrogens is 332 g/mol. The van der Waals surface area contributed by atoms with Gasteiger partial charge >= 0.3 is 12.1 Å². The van der Waals surface area contributed by atoms with Gasteiger partial charge in [0.05, 0.1) is 6.54 Å². The first kappa shape index (κ1) is 18.1. The van der Waals surface area contributed by atoms with Gasteiger partial charge in [-0.15, -0.1) is 0 Å². The number of rotatable bonds is 5. The molecule has 7 nitrogen and oxygen atoms in total. The molecule has 1 aromatic carbocycles. The quantitative estimate of drug-likeness (QED) is 0.621. The number of alkyl carbamates (subject to hydrolysis) is 1. The molecule has 2 amide bonds. The minimum Gasteiger partial charge on any atom is -0.479 e. The van der Waals surface area contributed by atoms with Crippen molar-refractivity contribution < 1.29 is 24.2 Å². The van der Waals surface area contributed by atoms with Gasteiger partial charge in [-0.2, -0.15) is 0 Å². The van der Waals surface area contributed by atoms with E-state index in [1.165, 1.54) is 4.90 Å². The predicted octanol–water partition coefficient (Wildman–Crippen LogP) is 1.92. The Bertz CT molecular complexity index is 629. The summed E-state index contributed by atoms with van der Waals surface area (Å²) in [4.78, 5) is 37.3. The highest BCUT2D eigenvalue weighted by molar-refractivity contribution is 8.00. The van der Waals surface area contributed by atoms with Crippen LogP contribution in [0.2, 0.25) is 0 Å². The molecule has 1 unspecified atom stereocenters. The Morgan fingerprint density at radius 2 is 1.96 bits per heavy atom. The van der Waals surface area contributed by atoms with E-state index in [0.717, 1.165) is 16.7 Å². The zero-order valence-corrected chi connectivity index (χ0v) is 14.5. The monoisotopic (exact) mass is 352 g/mol. The van der Waals surface area contributed by atoms with Crippen molar-refractivity contribution in [3.05, 3.63) is 30.3 Å². The number of carboxylic acid groups (broad SMARTS) is 1. The number of nitrogens with one attached hydrogen (secondary N) is 1. The van der Waals surface area contributed by atoms with Gasteiger partial charge in [0.25, 0.3) is 0 Å². The summed E-state index contributed by atoms with van der Waals surface area (Å²) in [6.07, 6.45) is -0.692. The summed E-state index contributed by atoms with van der Waals surface area (Å²) in [5, 5.41) is 10.8. The van der Waals surface area contributed by atoms with Crippen molar-refractivity contribution >= 4 is 29.7 Å². The summed E-state index contributed by atoms with van der Waals surface area (Å²) in [5.74, 6) is -1.54. The lowest BCUT2D eigenvalue weighted by Crippen LogP contribution is -2.67. The number of carbonyl (C=O) groups is 3. The molecule has 8 heteroatoms. The van der Waals surface area contributed by atoms with Gasteiger partial charge in [-0.25, -0.2) is 9.59 Å². The summed E-state index contributed by atoms with van der Waals surface area (Å²) >= 11 is 1.08. The highest BCUT2D eigenvalue weighted by Crippen LogP contribution is 2.29. The SMILES string of the molecule is CC(C)(C)OC(=O)N[C@H]1CN(C(Sc2ccccc2)C(=O)O)C1=O. The van der Waals surface area contributed by atoms with Crippen LogP contribution in [0, 0.1) is 0 Å². The van der Waals surface area contributed by atoms with Crippen LogP contribution in [0.25, 0.3) is 0 Å². The Morgan fingerprint density at radius 1 is 1.33 bits per heavy atom. The molecule has 130 valence electrons. The van der Waals surface area contributed by atoms with Crippen molar-refractivity contribution in [3.63, 3.8) is 0 Å². The third-order valence-corrected chi connectivity index (χ3v) is 4.36. The zero-order valence-electron chi connectivity index (χ0n) is 13.7. The minimum atomic E-state index is -1.10. The molecule has 0 radical (unpaired) electrons. The van der Waals surface area contributed by atoms with Crippen molar-refractivity contribution in [2.45, 2.75) is 42.7 Å². The largest absolute Gasteiger partial charge is 0.479 e. The fourth-order valence-electron chi connectivity index (χ4n) is 2.10. The Kier molecular flexibility index (Phi) is 5.38. The molecule has 1 fully saturated rings. The van der Waals surface area contributed by atoms with Crippen LogP contribution >= 0.6 is 11.8 Å². The molecule has 1 heterocycles. The van der Waals surface area contributed by atoms with Crippen LogP contribution in [-0.4, -0.2) is 51.5 Å². The average molecular weight is 352 g/mol. The lowest BCUT2D eigenvalue weighted by Gasteiger charge is -2.41. The smallest absolute Gasteiger partial charge is 0.408 e. The highest BCUT2D eigenvalue weighted by Gasteiger charge is 2.45. The Hall–Kier alpha value is -2.22. The molecule has 0 aromatic heterocycles. The number of nitrogens with zero attached hydrogens (tertiary/aromatic N) is 1. The van der Waals surface area contributed by atoms with Crippen LogP contribution in [0.15, 0.2) is 35.2 Å². The summed E-state index contributed by atoms with van der Waals surface area (Å²) < 4.78 is 5.09. The molecule has 1 aliphatic rings. The fraction of sp³-hybridized carbons (Fsp3) is 0.438. The molecule has 0 saturated carbocycles. The van der Waals surface area contributed by atoms with Crippen molar-refractivity contribution in [1.29, 1.82) is 0 Å². The van der Waals surface area contributed by atoms with E-state index in [1.807, 2.05) is 6.07 Å². The van der Waals surface area contributed by atoms with Crippen molar-refractivity contribution in [2.24, 2.45) is 0 Å². The lowest BCUT2D eigenvalue weighted by molar-refractivity contribution is -0.154. The molecule has 24 heavy (non-hydrogen) atoms. The van der Waals surface area contributed by atoms with Gasteiger partial charge in [0, 0.05) is 4.90 Å². The van der Waals surface area contributed by atoms with E-state index in [1.54, 1.807) is 45.0 Å². The van der Waals surface area contributed by atoms with Gasteiger partial charge in [-0.3, -0.25) is 4.79 Å². The average Bonchev–Trinajstić information content (AvgIpc) is 2.48. The number of thioether (sulfide) groups is 1. The number of ether oxygens (including phenoxy) is 1. The molecule has 0 bridgehead atoms. The van der Waals surface area contributed by atoms with E-state index in [4.69, 9.17) is 4.74 Å². The standard InChI is InChI=1S/C16H20N2O5S/c1-16(2,3)23-15(22)17-11-9-18(12(11)19)13(14(20)21)24-10-7-5-4-6-8-10/h4-8,11,13H,9H2,1-3H3,(H,17,22)(H,20,21)/t11-,13?/m0/s1. The van der Waals surface area contributed by atoms with Gasteiger partial charge in [0.1, 0.15) is 11.6 Å². The Labute approximate surface area is 144 Å². The van der Waals surface area contributed by atoms with Gasteiger partial charge in [-0.05, 0) is 32.9 Å². The molecule has 0 aliphatic carbocycles. The molecule has 2 atom stereocenters. The fourth-order valence-corrected chi connectivity index (χ4v) is 3.09. The van der Waals surface area contributed by atoms with Crippen LogP contribution in [0.1, 0.15) is 20.8 Å². The first-order chi connectivity index (χ1) is 11.2. The number of amides is 2. The number of hydrogen-bond acceptors (Lipinski definition) is 5. The maximum atomic E-state index is 12.2. The molecule has 1 aliphatic heterocycles. The van der Waals surface area contributed by atoms with Crippen molar-refractivity contribution in [2.75, 3.05) is 6.54 Å². The minimum absolute atomic E-state index is 0.134. The Balaban J connectivity index is 1.94. The van der Waals surface area contributed by atoms with E-state index in [9.17, 15) is 19.5 Å². The number of carbonyl (C=O) groups excluding carboxylic acids is 2. The van der Waals surface area contributed by atoms with Crippen LogP contribution in [-0.2, 0) is 14.3 Å². The zero-order chi connectivity index (χ0) is 17.9. The number of hydrogen-bond donors (Lipinski definition) is 2. The molecule has 1 aromatic rings. The topological polar surface area (TPSA) is 95.9 Å².